The predicted octanol–water partition coefficient (Wildman–Crippen LogP) is 5.12. The molecule has 0 aliphatic carbocycles. The molecule has 3 aliphatic rings. The Morgan fingerprint density at radius 1 is 1.24 bits per heavy atom. The lowest BCUT2D eigenvalue weighted by atomic mass is 9.95. The van der Waals surface area contributed by atoms with Gasteiger partial charge in [0.25, 0.3) is 5.91 Å². The van der Waals surface area contributed by atoms with Crippen LogP contribution in [0.25, 0.3) is 0 Å². The van der Waals surface area contributed by atoms with Gasteiger partial charge in [0.1, 0.15) is 5.82 Å². The first kappa shape index (κ1) is 19.7. The van der Waals surface area contributed by atoms with Crippen LogP contribution in [-0.2, 0) is 0 Å². The Bertz CT molecular complexity index is 995. The number of nitrogens with one attached hydrogen (secondary N) is 2. The van der Waals surface area contributed by atoms with E-state index in [0.717, 1.165) is 40.7 Å². The monoisotopic (exact) mass is 506 g/mol. The first-order chi connectivity index (χ1) is 14.1. The van der Waals surface area contributed by atoms with E-state index in [9.17, 15) is 4.79 Å². The molecule has 5 rings (SSSR count). The van der Waals surface area contributed by atoms with E-state index in [1.165, 1.54) is 11.5 Å². The number of aromatic nitrogens is 1. The lowest BCUT2D eigenvalue weighted by Gasteiger charge is -2.41. The lowest BCUT2D eigenvalue weighted by Crippen LogP contribution is -2.41. The third-order valence-corrected chi connectivity index (χ3v) is 10.0. The zero-order valence-electron chi connectivity index (χ0n) is 15.5. The van der Waals surface area contributed by atoms with Gasteiger partial charge in [0.05, 0.1) is 14.6 Å². The lowest BCUT2D eigenvalue weighted by molar-refractivity contribution is 0.0669. The molecule has 29 heavy (non-hydrogen) atoms. The Morgan fingerprint density at radius 2 is 2.07 bits per heavy atom. The fourth-order valence-corrected chi connectivity index (χ4v) is 8.15. The maximum Gasteiger partial charge on any atom is 0.254 e. The van der Waals surface area contributed by atoms with Crippen molar-refractivity contribution in [2.24, 2.45) is 0 Å². The fourth-order valence-electron chi connectivity index (χ4n) is 4.33. The topological polar surface area (TPSA) is 57.3 Å². The van der Waals surface area contributed by atoms with Gasteiger partial charge in [-0.3, -0.25) is 4.79 Å². The van der Waals surface area contributed by atoms with Gasteiger partial charge in [0, 0.05) is 41.1 Å². The minimum absolute atomic E-state index is 0.109. The van der Waals surface area contributed by atoms with Crippen LogP contribution >= 0.6 is 51.7 Å². The summed E-state index contributed by atoms with van der Waals surface area (Å²) in [4.78, 5) is 19.4. The highest BCUT2D eigenvalue weighted by Crippen LogP contribution is 2.57. The van der Waals surface area contributed by atoms with Gasteiger partial charge in [-0.15, -0.1) is 23.5 Å². The zero-order chi connectivity index (χ0) is 20.0. The number of fused-ring (bicyclic) bond motifs is 3. The van der Waals surface area contributed by atoms with E-state index in [1.54, 1.807) is 6.20 Å². The van der Waals surface area contributed by atoms with Crippen molar-refractivity contribution in [2.45, 2.75) is 23.0 Å². The number of anilines is 2. The Hall–Kier alpha value is -1.29. The maximum absolute atomic E-state index is 13.0. The second-order valence-electron chi connectivity index (χ2n) is 7.26. The van der Waals surface area contributed by atoms with Gasteiger partial charge in [-0.25, -0.2) is 4.98 Å². The molecule has 1 aromatic carbocycles. The molecule has 2 saturated heterocycles. The Balaban J connectivity index is 1.43. The molecular formula is C20H19BrN4OS3. The number of nitrogens with zero attached hydrogens (tertiary/aromatic N) is 2. The number of piperidine rings is 1. The number of carbonyl (C=O) groups excluding carboxylic acids is 1. The number of rotatable bonds is 2. The number of carbonyl (C=O) groups is 1. The molecule has 1 atom stereocenters. The average molecular weight is 508 g/mol. The van der Waals surface area contributed by atoms with Crippen molar-refractivity contribution in [3.63, 3.8) is 0 Å². The summed E-state index contributed by atoms with van der Waals surface area (Å²) in [5, 5.41) is 6.91. The van der Waals surface area contributed by atoms with Crippen LogP contribution in [0.15, 0.2) is 41.0 Å². The highest BCUT2D eigenvalue weighted by molar-refractivity contribution is 9.10. The predicted molar refractivity (Wildman–Crippen MR) is 129 cm³/mol. The third-order valence-electron chi connectivity index (χ3n) is 5.60. The number of benzene rings is 1. The number of thiocarbonyl (C=S) groups is 1. The zero-order valence-corrected chi connectivity index (χ0v) is 19.5. The molecule has 2 N–H and O–H groups in total. The average Bonchev–Trinajstić information content (AvgIpc) is 3.27. The molecule has 2 aromatic rings. The summed E-state index contributed by atoms with van der Waals surface area (Å²) >= 11 is 13.1. The quantitative estimate of drug-likeness (QED) is 0.548. The van der Waals surface area contributed by atoms with Crippen molar-refractivity contribution in [3.8, 4) is 0 Å². The van der Waals surface area contributed by atoms with Gasteiger partial charge in [-0.2, -0.15) is 0 Å². The van der Waals surface area contributed by atoms with Crippen molar-refractivity contribution < 1.29 is 4.79 Å². The van der Waals surface area contributed by atoms with Crippen molar-refractivity contribution in [2.75, 3.05) is 28.7 Å². The van der Waals surface area contributed by atoms with Crippen molar-refractivity contribution >= 4 is 74.2 Å². The maximum atomic E-state index is 13.0. The Kier molecular flexibility index (Phi) is 5.26. The SMILES string of the molecule is O=C1c2cccc(NC(=S)Nc3ncccc3Br)c2C2CC3(CCN12)SCCS3. The molecule has 2 fully saturated rings. The van der Waals surface area contributed by atoms with E-state index in [2.05, 4.69) is 55.1 Å². The molecule has 4 heterocycles. The van der Waals surface area contributed by atoms with Crippen LogP contribution in [-0.4, -0.2) is 43.0 Å². The van der Waals surface area contributed by atoms with Crippen LogP contribution in [0.2, 0.25) is 0 Å². The molecule has 3 aliphatic heterocycles. The molecule has 1 unspecified atom stereocenters. The fraction of sp³-hybridized carbons (Fsp3) is 0.350. The van der Waals surface area contributed by atoms with Crippen LogP contribution in [0.3, 0.4) is 0 Å². The summed E-state index contributed by atoms with van der Waals surface area (Å²) in [6.07, 6.45) is 3.77. The number of amides is 1. The van der Waals surface area contributed by atoms with E-state index in [4.69, 9.17) is 12.2 Å². The molecule has 150 valence electrons. The number of halogens is 1. The molecular weight excluding hydrogens is 488 g/mol. The van der Waals surface area contributed by atoms with Gasteiger partial charge < -0.3 is 15.5 Å². The highest BCUT2D eigenvalue weighted by Gasteiger charge is 2.49. The van der Waals surface area contributed by atoms with Gasteiger partial charge in [-0.05, 0) is 65.3 Å². The smallest absolute Gasteiger partial charge is 0.254 e. The van der Waals surface area contributed by atoms with Crippen molar-refractivity contribution in [3.05, 3.63) is 52.1 Å². The Labute approximate surface area is 191 Å². The second-order valence-corrected chi connectivity index (χ2v) is 11.7. The molecule has 1 aromatic heterocycles. The summed E-state index contributed by atoms with van der Waals surface area (Å²) in [5.41, 5.74) is 2.78. The van der Waals surface area contributed by atoms with Crippen LogP contribution in [0.1, 0.15) is 34.8 Å². The van der Waals surface area contributed by atoms with Gasteiger partial charge >= 0.3 is 0 Å². The molecule has 9 heteroatoms. The van der Waals surface area contributed by atoms with Gasteiger partial charge in [0.2, 0.25) is 0 Å². The summed E-state index contributed by atoms with van der Waals surface area (Å²) in [5.74, 6) is 3.20. The number of pyridine rings is 1. The van der Waals surface area contributed by atoms with Crippen LogP contribution in [0.4, 0.5) is 11.5 Å². The van der Waals surface area contributed by atoms with E-state index >= 15 is 0 Å². The standard InChI is InChI=1S/C20H19BrN4OS3/c21-13-4-2-7-22-17(13)24-19(27)23-14-5-1-3-12-16(14)15-11-20(28-9-10-29-20)6-8-25(15)18(12)26/h1-5,7,15H,6,8-11H2,(H2,22,23,24,27). The second kappa shape index (κ2) is 7.76. The van der Waals surface area contributed by atoms with Crippen LogP contribution in [0, 0.1) is 0 Å². The van der Waals surface area contributed by atoms with Gasteiger partial charge in [0.15, 0.2) is 5.11 Å². The van der Waals surface area contributed by atoms with Crippen LogP contribution in [0.5, 0.6) is 0 Å². The largest absolute Gasteiger partial charge is 0.332 e. The summed E-state index contributed by atoms with van der Waals surface area (Å²) in [6, 6.07) is 9.74. The highest BCUT2D eigenvalue weighted by atomic mass is 79.9. The molecule has 1 amide bonds. The molecule has 0 saturated carbocycles. The first-order valence-corrected chi connectivity index (χ1v) is 12.6. The Morgan fingerprint density at radius 3 is 2.86 bits per heavy atom. The molecule has 0 radical (unpaired) electrons. The molecule has 5 nitrogen and oxygen atoms in total. The van der Waals surface area contributed by atoms with Crippen molar-refractivity contribution in [1.29, 1.82) is 0 Å². The van der Waals surface area contributed by atoms with Gasteiger partial charge in [-0.1, -0.05) is 6.07 Å². The summed E-state index contributed by atoms with van der Waals surface area (Å²) < 4.78 is 1.08. The van der Waals surface area contributed by atoms with E-state index in [0.29, 0.717) is 10.9 Å². The van der Waals surface area contributed by atoms with E-state index in [-0.39, 0.29) is 16.0 Å². The minimum Gasteiger partial charge on any atom is -0.332 e. The van der Waals surface area contributed by atoms with Crippen molar-refractivity contribution in [1.82, 2.24) is 9.88 Å². The van der Waals surface area contributed by atoms with E-state index < -0.39 is 0 Å². The third kappa shape index (κ3) is 3.56. The minimum atomic E-state index is 0.109. The first-order valence-electron chi connectivity index (χ1n) is 9.47. The van der Waals surface area contributed by atoms with E-state index in [1.807, 2.05) is 35.2 Å². The number of hydrogen-bond acceptors (Lipinski definition) is 5. The summed E-state index contributed by atoms with van der Waals surface area (Å²) in [7, 11) is 0. The normalized spacial score (nSPS) is 21.8. The molecule has 1 spiro atoms. The molecule has 0 bridgehead atoms. The number of hydrogen-bond donors (Lipinski definition) is 2. The summed E-state index contributed by atoms with van der Waals surface area (Å²) in [6.45, 7) is 0.821. The van der Waals surface area contributed by atoms with Crippen LogP contribution < -0.4 is 10.6 Å². The number of thioether (sulfide) groups is 2.